The molecular formula is C22H27N3O3. The van der Waals surface area contributed by atoms with E-state index >= 15 is 0 Å². The topological polar surface area (TPSA) is 70.7 Å². The number of nitrogens with zero attached hydrogens (tertiary/aromatic N) is 1. The Bertz CT molecular complexity index is 808. The molecule has 3 atom stereocenters. The summed E-state index contributed by atoms with van der Waals surface area (Å²) in [6.45, 7) is 4.45. The van der Waals surface area contributed by atoms with Crippen LogP contribution in [-0.2, 0) is 4.79 Å². The fourth-order valence-corrected chi connectivity index (χ4v) is 3.51. The van der Waals surface area contributed by atoms with E-state index in [2.05, 4.69) is 10.6 Å². The first-order valence-electron chi connectivity index (χ1n) is 9.53. The van der Waals surface area contributed by atoms with Crippen LogP contribution in [0.4, 0.5) is 4.79 Å². The largest absolute Gasteiger partial charge is 0.497 e. The lowest BCUT2D eigenvalue weighted by Gasteiger charge is -2.25. The van der Waals surface area contributed by atoms with Crippen LogP contribution in [0.3, 0.4) is 0 Å². The molecule has 6 nitrogen and oxygen atoms in total. The number of likely N-dealkylation sites (tertiary alicyclic amines) is 1. The summed E-state index contributed by atoms with van der Waals surface area (Å²) in [5.74, 6) is 0.836. The minimum atomic E-state index is -0.268. The van der Waals surface area contributed by atoms with E-state index in [1.54, 1.807) is 7.11 Å². The van der Waals surface area contributed by atoms with Crippen molar-refractivity contribution in [2.75, 3.05) is 13.7 Å². The predicted octanol–water partition coefficient (Wildman–Crippen LogP) is 3.42. The van der Waals surface area contributed by atoms with Crippen LogP contribution in [0.5, 0.6) is 5.75 Å². The Morgan fingerprint density at radius 2 is 1.75 bits per heavy atom. The van der Waals surface area contributed by atoms with Gasteiger partial charge in [0, 0.05) is 13.0 Å². The molecule has 0 spiro atoms. The van der Waals surface area contributed by atoms with Crippen LogP contribution in [0.15, 0.2) is 54.6 Å². The average molecular weight is 381 g/mol. The number of rotatable bonds is 6. The fraction of sp³-hybridized carbons (Fsp3) is 0.364. The molecule has 6 heteroatoms. The Morgan fingerprint density at radius 3 is 2.39 bits per heavy atom. The number of carbonyl (C=O) groups excluding carboxylic acids is 2. The first-order chi connectivity index (χ1) is 13.5. The second kappa shape index (κ2) is 8.78. The van der Waals surface area contributed by atoms with Crippen molar-refractivity contribution >= 4 is 11.9 Å². The number of nitrogens with one attached hydrogen (secondary N) is 2. The molecule has 2 aromatic carbocycles. The predicted molar refractivity (Wildman–Crippen MR) is 108 cm³/mol. The lowest BCUT2D eigenvalue weighted by Crippen LogP contribution is -2.44. The zero-order valence-corrected chi connectivity index (χ0v) is 16.5. The lowest BCUT2D eigenvalue weighted by molar-refractivity contribution is -0.129. The van der Waals surface area contributed by atoms with Gasteiger partial charge in [-0.05, 0) is 37.1 Å². The molecule has 0 aliphatic carbocycles. The molecule has 1 fully saturated rings. The van der Waals surface area contributed by atoms with Crippen LogP contribution >= 0.6 is 0 Å². The van der Waals surface area contributed by atoms with Gasteiger partial charge in [-0.1, -0.05) is 42.5 Å². The van der Waals surface area contributed by atoms with E-state index in [0.717, 1.165) is 16.9 Å². The summed E-state index contributed by atoms with van der Waals surface area (Å²) in [5, 5.41) is 5.86. The van der Waals surface area contributed by atoms with Crippen molar-refractivity contribution in [3.63, 3.8) is 0 Å². The molecule has 28 heavy (non-hydrogen) atoms. The highest BCUT2D eigenvalue weighted by Crippen LogP contribution is 2.25. The number of methoxy groups -OCH3 is 1. The molecule has 3 amide bonds. The lowest BCUT2D eigenvalue weighted by atomic mass is 10.1. The Kier molecular flexibility index (Phi) is 6.19. The number of hydrogen-bond acceptors (Lipinski definition) is 3. The van der Waals surface area contributed by atoms with Crippen molar-refractivity contribution in [2.45, 2.75) is 38.4 Å². The van der Waals surface area contributed by atoms with Crippen molar-refractivity contribution in [3.8, 4) is 5.75 Å². The minimum absolute atomic E-state index is 0.0122. The summed E-state index contributed by atoms with van der Waals surface area (Å²) in [6, 6.07) is 16.9. The normalized spacial score (nSPS) is 18.5. The highest BCUT2D eigenvalue weighted by atomic mass is 16.5. The van der Waals surface area contributed by atoms with Crippen LogP contribution in [0.1, 0.15) is 43.5 Å². The van der Waals surface area contributed by atoms with Crippen molar-refractivity contribution < 1.29 is 14.3 Å². The van der Waals surface area contributed by atoms with E-state index < -0.39 is 0 Å². The molecule has 3 rings (SSSR count). The Hall–Kier alpha value is -3.02. The van der Waals surface area contributed by atoms with Crippen molar-refractivity contribution in [1.29, 1.82) is 0 Å². The summed E-state index contributed by atoms with van der Waals surface area (Å²) in [7, 11) is 1.62. The van der Waals surface area contributed by atoms with Gasteiger partial charge in [-0.3, -0.25) is 4.79 Å². The minimum Gasteiger partial charge on any atom is -0.497 e. The van der Waals surface area contributed by atoms with Crippen molar-refractivity contribution in [3.05, 3.63) is 65.7 Å². The zero-order chi connectivity index (χ0) is 20.1. The second-order valence-electron chi connectivity index (χ2n) is 7.15. The van der Waals surface area contributed by atoms with Gasteiger partial charge in [-0.15, -0.1) is 0 Å². The molecule has 0 radical (unpaired) electrons. The number of amides is 3. The highest BCUT2D eigenvalue weighted by molar-refractivity contribution is 5.82. The Labute approximate surface area is 165 Å². The van der Waals surface area contributed by atoms with Gasteiger partial charge in [0.05, 0.1) is 25.2 Å². The number of ether oxygens (including phenoxy) is 1. The van der Waals surface area contributed by atoms with Gasteiger partial charge in [0.25, 0.3) is 0 Å². The third-order valence-corrected chi connectivity index (χ3v) is 5.21. The molecule has 148 valence electrons. The molecule has 1 saturated heterocycles. The van der Waals surface area contributed by atoms with Crippen molar-refractivity contribution in [1.82, 2.24) is 15.5 Å². The molecule has 1 aliphatic rings. The van der Waals surface area contributed by atoms with Crippen LogP contribution < -0.4 is 15.4 Å². The van der Waals surface area contributed by atoms with Crippen LogP contribution in [-0.4, -0.2) is 36.5 Å². The second-order valence-corrected chi connectivity index (χ2v) is 7.15. The van der Waals surface area contributed by atoms with Gasteiger partial charge in [-0.25, -0.2) is 4.79 Å². The molecule has 2 aromatic rings. The summed E-state index contributed by atoms with van der Waals surface area (Å²) < 4.78 is 5.15. The van der Waals surface area contributed by atoms with E-state index in [-0.39, 0.29) is 30.1 Å². The van der Waals surface area contributed by atoms with Gasteiger partial charge in [0.2, 0.25) is 5.91 Å². The molecule has 3 unspecified atom stereocenters. The zero-order valence-electron chi connectivity index (χ0n) is 16.5. The molecule has 2 N–H and O–H groups in total. The van der Waals surface area contributed by atoms with Gasteiger partial charge in [0.15, 0.2) is 0 Å². The van der Waals surface area contributed by atoms with Gasteiger partial charge in [0.1, 0.15) is 5.75 Å². The van der Waals surface area contributed by atoms with E-state index in [1.807, 2.05) is 73.3 Å². The fourth-order valence-electron chi connectivity index (χ4n) is 3.51. The summed E-state index contributed by atoms with van der Waals surface area (Å²) >= 11 is 0. The monoisotopic (exact) mass is 381 g/mol. The number of hydrogen-bond donors (Lipinski definition) is 2. The molecule has 0 saturated carbocycles. The highest BCUT2D eigenvalue weighted by Gasteiger charge is 2.34. The average Bonchev–Trinajstić information content (AvgIpc) is 3.07. The SMILES string of the molecule is COc1ccc(C(C)NC(=O)NC2CC(=O)N(C(C)c3ccccc3)C2)cc1. The van der Waals surface area contributed by atoms with Crippen molar-refractivity contribution in [2.24, 2.45) is 0 Å². The third-order valence-electron chi connectivity index (χ3n) is 5.21. The van der Waals surface area contributed by atoms with Crippen LogP contribution in [0, 0.1) is 0 Å². The van der Waals surface area contributed by atoms with Crippen LogP contribution in [0.25, 0.3) is 0 Å². The summed E-state index contributed by atoms with van der Waals surface area (Å²) in [6.07, 6.45) is 0.321. The van der Waals surface area contributed by atoms with Crippen LogP contribution in [0.2, 0.25) is 0 Å². The first-order valence-corrected chi connectivity index (χ1v) is 9.53. The summed E-state index contributed by atoms with van der Waals surface area (Å²) in [4.78, 5) is 26.6. The molecular weight excluding hydrogens is 354 g/mol. The Morgan fingerprint density at radius 1 is 1.07 bits per heavy atom. The molecule has 0 aromatic heterocycles. The first kappa shape index (κ1) is 19.7. The maximum absolute atomic E-state index is 12.4. The molecule has 0 bridgehead atoms. The van der Waals surface area contributed by atoms with E-state index in [0.29, 0.717) is 13.0 Å². The maximum atomic E-state index is 12.4. The molecule has 1 aliphatic heterocycles. The number of carbonyl (C=O) groups is 2. The molecule has 1 heterocycles. The quantitative estimate of drug-likeness (QED) is 0.805. The smallest absolute Gasteiger partial charge is 0.315 e. The van der Waals surface area contributed by atoms with E-state index in [9.17, 15) is 9.59 Å². The number of urea groups is 1. The van der Waals surface area contributed by atoms with Gasteiger partial charge >= 0.3 is 6.03 Å². The number of benzene rings is 2. The maximum Gasteiger partial charge on any atom is 0.315 e. The van der Waals surface area contributed by atoms with Gasteiger partial charge in [-0.2, -0.15) is 0 Å². The standard InChI is InChI=1S/C22H27N3O3/c1-15(17-9-11-20(28-3)12-10-17)23-22(27)24-19-13-21(26)25(14-19)16(2)18-7-5-4-6-8-18/h4-12,15-16,19H,13-14H2,1-3H3,(H2,23,24,27). The van der Waals surface area contributed by atoms with E-state index in [4.69, 9.17) is 4.74 Å². The third kappa shape index (κ3) is 4.63. The van der Waals surface area contributed by atoms with Gasteiger partial charge < -0.3 is 20.3 Å². The van der Waals surface area contributed by atoms with E-state index in [1.165, 1.54) is 0 Å². The Balaban J connectivity index is 1.53. The summed E-state index contributed by atoms with van der Waals surface area (Å²) in [5.41, 5.74) is 2.08.